The van der Waals surface area contributed by atoms with Gasteiger partial charge in [0.25, 0.3) is 5.56 Å². The second-order valence-electron chi connectivity index (χ2n) is 6.71. The zero-order chi connectivity index (χ0) is 20.5. The molecule has 3 aromatic rings. The summed E-state index contributed by atoms with van der Waals surface area (Å²) in [5, 5.41) is 14.9. The van der Waals surface area contributed by atoms with E-state index in [0.717, 1.165) is 0 Å². The first-order valence-corrected chi connectivity index (χ1v) is 10.5. The van der Waals surface area contributed by atoms with E-state index in [1.165, 1.54) is 4.68 Å². The molecular weight excluding hydrogens is 378 g/mol. The van der Waals surface area contributed by atoms with E-state index in [2.05, 4.69) is 9.82 Å². The number of nitrogens with zero attached hydrogens (tertiary/aromatic N) is 2. The highest BCUT2D eigenvalue weighted by Gasteiger charge is 2.22. The van der Waals surface area contributed by atoms with Crippen LogP contribution >= 0.6 is 0 Å². The summed E-state index contributed by atoms with van der Waals surface area (Å²) in [5.41, 5.74) is 1.49. The highest BCUT2D eigenvalue weighted by molar-refractivity contribution is 7.89. The summed E-state index contributed by atoms with van der Waals surface area (Å²) in [6.07, 6.45) is 0.474. The van der Waals surface area contributed by atoms with E-state index < -0.39 is 16.1 Å². The number of rotatable bonds is 6. The molecule has 0 unspecified atom stereocenters. The van der Waals surface area contributed by atoms with Gasteiger partial charge in [0, 0.05) is 24.0 Å². The van der Waals surface area contributed by atoms with Crippen molar-refractivity contribution in [3.05, 3.63) is 58.4 Å². The first-order valence-electron chi connectivity index (χ1n) is 8.98. The molecule has 1 atom stereocenters. The SMILES string of the molecule is CC[C@H](CO)NS(=O)(=O)c1cc(-c2nn(C)c(=O)c3ccccc23)ccc1C. The Morgan fingerprint density at radius 2 is 1.86 bits per heavy atom. The van der Waals surface area contributed by atoms with Gasteiger partial charge in [0.2, 0.25) is 10.0 Å². The number of aliphatic hydroxyl groups excluding tert-OH is 1. The quantitative estimate of drug-likeness (QED) is 0.657. The molecule has 148 valence electrons. The van der Waals surface area contributed by atoms with Crippen LogP contribution in [0.1, 0.15) is 18.9 Å². The van der Waals surface area contributed by atoms with Crippen molar-refractivity contribution in [2.75, 3.05) is 6.61 Å². The minimum Gasteiger partial charge on any atom is -0.395 e. The van der Waals surface area contributed by atoms with E-state index in [4.69, 9.17) is 0 Å². The molecule has 0 bridgehead atoms. The predicted octanol–water partition coefficient (Wildman–Crippen LogP) is 1.96. The third kappa shape index (κ3) is 3.71. The van der Waals surface area contributed by atoms with Crippen molar-refractivity contribution in [2.24, 2.45) is 7.05 Å². The molecule has 0 saturated carbocycles. The molecule has 8 heteroatoms. The van der Waals surface area contributed by atoms with Crippen LogP contribution in [-0.2, 0) is 17.1 Å². The topological polar surface area (TPSA) is 101 Å². The lowest BCUT2D eigenvalue weighted by molar-refractivity contribution is 0.254. The van der Waals surface area contributed by atoms with Gasteiger partial charge in [0.1, 0.15) is 0 Å². The van der Waals surface area contributed by atoms with Crippen LogP contribution in [0, 0.1) is 6.92 Å². The number of aromatic nitrogens is 2. The first kappa shape index (κ1) is 20.2. The van der Waals surface area contributed by atoms with Crippen molar-refractivity contribution in [1.29, 1.82) is 0 Å². The maximum atomic E-state index is 12.9. The zero-order valence-electron chi connectivity index (χ0n) is 16.0. The fraction of sp³-hybridized carbons (Fsp3) is 0.300. The van der Waals surface area contributed by atoms with Crippen molar-refractivity contribution in [3.8, 4) is 11.3 Å². The Labute approximate surface area is 163 Å². The molecule has 28 heavy (non-hydrogen) atoms. The summed E-state index contributed by atoms with van der Waals surface area (Å²) >= 11 is 0. The van der Waals surface area contributed by atoms with E-state index in [0.29, 0.717) is 34.0 Å². The largest absolute Gasteiger partial charge is 0.395 e. The molecule has 2 N–H and O–H groups in total. The van der Waals surface area contributed by atoms with Gasteiger partial charge in [-0.1, -0.05) is 37.3 Å². The minimum atomic E-state index is -3.82. The monoisotopic (exact) mass is 401 g/mol. The van der Waals surface area contributed by atoms with Gasteiger partial charge in [-0.3, -0.25) is 4.79 Å². The number of fused-ring (bicyclic) bond motifs is 1. The summed E-state index contributed by atoms with van der Waals surface area (Å²) in [7, 11) is -2.25. The molecule has 1 aromatic heterocycles. The second-order valence-corrected chi connectivity index (χ2v) is 8.39. The average Bonchev–Trinajstić information content (AvgIpc) is 2.69. The Morgan fingerprint density at radius 3 is 2.50 bits per heavy atom. The Kier molecular flexibility index (Phi) is 5.64. The molecular formula is C20H23N3O4S. The summed E-state index contributed by atoms with van der Waals surface area (Å²) in [4.78, 5) is 12.5. The molecule has 7 nitrogen and oxygen atoms in total. The number of aryl methyl sites for hydroxylation is 2. The smallest absolute Gasteiger partial charge is 0.274 e. The molecule has 0 spiro atoms. The molecule has 0 aliphatic carbocycles. The van der Waals surface area contributed by atoms with Crippen molar-refractivity contribution in [1.82, 2.24) is 14.5 Å². The van der Waals surface area contributed by atoms with Crippen LogP contribution in [0.2, 0.25) is 0 Å². The van der Waals surface area contributed by atoms with Gasteiger partial charge < -0.3 is 5.11 Å². The van der Waals surface area contributed by atoms with Crippen LogP contribution in [0.25, 0.3) is 22.0 Å². The maximum Gasteiger partial charge on any atom is 0.274 e. The fourth-order valence-corrected chi connectivity index (χ4v) is 4.66. The number of hydrogen-bond acceptors (Lipinski definition) is 5. The van der Waals surface area contributed by atoms with Crippen LogP contribution in [-0.4, -0.2) is 36.0 Å². The molecule has 1 heterocycles. The van der Waals surface area contributed by atoms with E-state index in [1.54, 1.807) is 57.3 Å². The standard InChI is InChI=1S/C20H23N3O4S/c1-4-15(12-24)22-28(26,27)18-11-14(10-9-13(18)2)19-16-7-5-6-8-17(16)20(25)23(3)21-19/h5-11,15,22,24H,4,12H2,1-3H3/t15-/m1/s1. The Morgan fingerprint density at radius 1 is 1.18 bits per heavy atom. The third-order valence-electron chi connectivity index (χ3n) is 4.74. The molecule has 0 aliphatic rings. The fourth-order valence-electron chi connectivity index (χ4n) is 3.08. The average molecular weight is 401 g/mol. The van der Waals surface area contributed by atoms with Gasteiger partial charge in [-0.15, -0.1) is 0 Å². The molecule has 3 rings (SSSR count). The highest BCUT2D eigenvalue weighted by Crippen LogP contribution is 2.28. The lowest BCUT2D eigenvalue weighted by Crippen LogP contribution is -2.37. The van der Waals surface area contributed by atoms with E-state index in [-0.39, 0.29) is 17.1 Å². The van der Waals surface area contributed by atoms with Gasteiger partial charge in [0.05, 0.1) is 22.6 Å². The van der Waals surface area contributed by atoms with Crippen LogP contribution in [0.15, 0.2) is 52.2 Å². The maximum absolute atomic E-state index is 12.9. The number of hydrogen-bond donors (Lipinski definition) is 2. The zero-order valence-corrected chi connectivity index (χ0v) is 16.8. The lowest BCUT2D eigenvalue weighted by Gasteiger charge is -2.16. The Hall–Kier alpha value is -2.55. The second kappa shape index (κ2) is 7.83. The third-order valence-corrected chi connectivity index (χ3v) is 6.41. The molecule has 0 amide bonds. The van der Waals surface area contributed by atoms with Crippen molar-refractivity contribution in [2.45, 2.75) is 31.2 Å². The lowest BCUT2D eigenvalue weighted by atomic mass is 10.0. The molecule has 0 saturated heterocycles. The summed E-state index contributed by atoms with van der Waals surface area (Å²) in [6.45, 7) is 3.24. The van der Waals surface area contributed by atoms with Crippen LogP contribution in [0.3, 0.4) is 0 Å². The van der Waals surface area contributed by atoms with E-state index in [9.17, 15) is 18.3 Å². The van der Waals surface area contributed by atoms with Gasteiger partial charge in [-0.2, -0.15) is 5.10 Å². The predicted molar refractivity (Wildman–Crippen MR) is 109 cm³/mol. The van der Waals surface area contributed by atoms with Gasteiger partial charge in [-0.05, 0) is 31.0 Å². The van der Waals surface area contributed by atoms with Crippen molar-refractivity contribution >= 4 is 20.8 Å². The number of sulfonamides is 1. The Balaban J connectivity index is 2.19. The molecule has 0 radical (unpaired) electrons. The van der Waals surface area contributed by atoms with Crippen molar-refractivity contribution in [3.63, 3.8) is 0 Å². The highest BCUT2D eigenvalue weighted by atomic mass is 32.2. The first-order chi connectivity index (χ1) is 13.3. The van der Waals surface area contributed by atoms with Crippen LogP contribution in [0.5, 0.6) is 0 Å². The van der Waals surface area contributed by atoms with Crippen LogP contribution in [0.4, 0.5) is 0 Å². The summed E-state index contributed by atoms with van der Waals surface area (Å²) < 4.78 is 29.5. The number of aliphatic hydroxyl groups is 1. The molecule has 0 aliphatic heterocycles. The Bertz CT molecular complexity index is 1180. The van der Waals surface area contributed by atoms with E-state index >= 15 is 0 Å². The number of nitrogens with one attached hydrogen (secondary N) is 1. The normalized spacial score (nSPS) is 13.0. The summed E-state index contributed by atoms with van der Waals surface area (Å²) in [5.74, 6) is 0. The van der Waals surface area contributed by atoms with Crippen molar-refractivity contribution < 1.29 is 13.5 Å². The van der Waals surface area contributed by atoms with Gasteiger partial charge in [0.15, 0.2) is 0 Å². The van der Waals surface area contributed by atoms with Gasteiger partial charge in [-0.25, -0.2) is 17.8 Å². The minimum absolute atomic E-state index is 0.122. The molecule has 2 aromatic carbocycles. The molecule has 0 fully saturated rings. The number of benzene rings is 2. The van der Waals surface area contributed by atoms with E-state index in [1.807, 2.05) is 6.07 Å². The summed E-state index contributed by atoms with van der Waals surface area (Å²) in [6, 6.07) is 11.6. The van der Waals surface area contributed by atoms with Gasteiger partial charge >= 0.3 is 0 Å². The van der Waals surface area contributed by atoms with Crippen LogP contribution < -0.4 is 10.3 Å².